The summed E-state index contributed by atoms with van der Waals surface area (Å²) in [6.07, 6.45) is 3.90. The highest BCUT2D eigenvalue weighted by molar-refractivity contribution is 4.83. The predicted molar refractivity (Wildman–Crippen MR) is 75.5 cm³/mol. The quantitative estimate of drug-likeness (QED) is 0.763. The van der Waals surface area contributed by atoms with Gasteiger partial charge in [0.25, 0.3) is 0 Å². The number of hydrogen-bond acceptors (Lipinski definition) is 3. The number of likely N-dealkylation sites (tertiary alicyclic amines) is 1. The van der Waals surface area contributed by atoms with E-state index in [1.165, 1.54) is 38.9 Å². The van der Waals surface area contributed by atoms with Crippen molar-refractivity contribution in [3.05, 3.63) is 0 Å². The standard InChI is InChI=1S/C14H31N3/c1-6-14(2,11-15-3)12-17-9-7-13(8-10-17)16(4)5/h13,15H,6-12H2,1-5H3. The van der Waals surface area contributed by atoms with Gasteiger partial charge in [0.1, 0.15) is 0 Å². The van der Waals surface area contributed by atoms with Crippen LogP contribution in [0.2, 0.25) is 0 Å². The van der Waals surface area contributed by atoms with Crippen LogP contribution in [-0.4, -0.2) is 63.2 Å². The summed E-state index contributed by atoms with van der Waals surface area (Å²) >= 11 is 0. The highest BCUT2D eigenvalue weighted by Crippen LogP contribution is 2.24. The van der Waals surface area contributed by atoms with E-state index in [9.17, 15) is 0 Å². The van der Waals surface area contributed by atoms with Gasteiger partial charge in [0, 0.05) is 19.1 Å². The van der Waals surface area contributed by atoms with Gasteiger partial charge in [0.15, 0.2) is 0 Å². The molecule has 1 atom stereocenters. The van der Waals surface area contributed by atoms with Crippen LogP contribution in [0.3, 0.4) is 0 Å². The molecule has 0 amide bonds. The fourth-order valence-electron chi connectivity index (χ4n) is 2.85. The maximum absolute atomic E-state index is 3.34. The first kappa shape index (κ1) is 14.9. The van der Waals surface area contributed by atoms with Crippen LogP contribution in [0.4, 0.5) is 0 Å². The summed E-state index contributed by atoms with van der Waals surface area (Å²) in [5, 5.41) is 3.34. The Kier molecular flexibility index (Phi) is 5.90. The molecule has 0 saturated carbocycles. The van der Waals surface area contributed by atoms with E-state index in [1.54, 1.807) is 0 Å². The molecule has 1 saturated heterocycles. The maximum atomic E-state index is 3.34. The molecule has 0 bridgehead atoms. The first-order chi connectivity index (χ1) is 8.00. The molecule has 102 valence electrons. The fourth-order valence-corrected chi connectivity index (χ4v) is 2.85. The third kappa shape index (κ3) is 4.57. The Labute approximate surface area is 108 Å². The summed E-state index contributed by atoms with van der Waals surface area (Å²) in [5.41, 5.74) is 0.430. The number of rotatable bonds is 6. The van der Waals surface area contributed by atoms with Crippen LogP contribution in [0.1, 0.15) is 33.1 Å². The zero-order chi connectivity index (χ0) is 12.9. The van der Waals surface area contributed by atoms with Crippen LogP contribution in [0, 0.1) is 5.41 Å². The van der Waals surface area contributed by atoms with Crippen LogP contribution < -0.4 is 5.32 Å². The van der Waals surface area contributed by atoms with E-state index >= 15 is 0 Å². The van der Waals surface area contributed by atoms with Crippen molar-refractivity contribution in [3.8, 4) is 0 Å². The van der Waals surface area contributed by atoms with E-state index < -0.39 is 0 Å². The van der Waals surface area contributed by atoms with E-state index in [1.807, 2.05) is 0 Å². The molecule has 3 nitrogen and oxygen atoms in total. The molecule has 1 rings (SSSR count). The van der Waals surface area contributed by atoms with Crippen molar-refractivity contribution >= 4 is 0 Å². The molecule has 1 N–H and O–H groups in total. The van der Waals surface area contributed by atoms with Crippen molar-refractivity contribution in [1.82, 2.24) is 15.1 Å². The van der Waals surface area contributed by atoms with E-state index in [0.717, 1.165) is 12.6 Å². The summed E-state index contributed by atoms with van der Waals surface area (Å²) in [4.78, 5) is 5.03. The van der Waals surface area contributed by atoms with Crippen LogP contribution in [-0.2, 0) is 0 Å². The van der Waals surface area contributed by atoms with Gasteiger partial charge in [-0.05, 0) is 58.9 Å². The first-order valence-corrected chi connectivity index (χ1v) is 7.04. The minimum atomic E-state index is 0.430. The molecule has 1 heterocycles. The highest BCUT2D eigenvalue weighted by Gasteiger charge is 2.27. The third-order valence-corrected chi connectivity index (χ3v) is 4.35. The van der Waals surface area contributed by atoms with Crippen LogP contribution >= 0.6 is 0 Å². The molecule has 0 aromatic rings. The van der Waals surface area contributed by atoms with Crippen molar-refractivity contribution < 1.29 is 0 Å². The van der Waals surface area contributed by atoms with Crippen molar-refractivity contribution in [2.24, 2.45) is 5.41 Å². The van der Waals surface area contributed by atoms with Gasteiger partial charge < -0.3 is 15.1 Å². The Morgan fingerprint density at radius 3 is 2.29 bits per heavy atom. The van der Waals surface area contributed by atoms with Gasteiger partial charge in [-0.3, -0.25) is 0 Å². The van der Waals surface area contributed by atoms with E-state index in [-0.39, 0.29) is 0 Å². The summed E-state index contributed by atoms with van der Waals surface area (Å²) in [6.45, 7) is 9.61. The van der Waals surface area contributed by atoms with Crippen molar-refractivity contribution in [2.45, 2.75) is 39.2 Å². The van der Waals surface area contributed by atoms with E-state index in [0.29, 0.717) is 5.41 Å². The molecule has 0 aromatic heterocycles. The molecule has 1 fully saturated rings. The minimum absolute atomic E-state index is 0.430. The molecule has 3 heteroatoms. The monoisotopic (exact) mass is 241 g/mol. The first-order valence-electron chi connectivity index (χ1n) is 7.04. The van der Waals surface area contributed by atoms with Gasteiger partial charge in [-0.1, -0.05) is 13.8 Å². The lowest BCUT2D eigenvalue weighted by atomic mass is 9.86. The maximum Gasteiger partial charge on any atom is 0.0113 e. The third-order valence-electron chi connectivity index (χ3n) is 4.35. The van der Waals surface area contributed by atoms with Crippen LogP contribution in [0.15, 0.2) is 0 Å². The fraction of sp³-hybridized carbons (Fsp3) is 1.00. The normalized spacial score (nSPS) is 22.9. The zero-order valence-electron chi connectivity index (χ0n) is 12.4. The average Bonchev–Trinajstić information content (AvgIpc) is 2.30. The summed E-state index contributed by atoms with van der Waals surface area (Å²) in [5.74, 6) is 0. The minimum Gasteiger partial charge on any atom is -0.319 e. The van der Waals surface area contributed by atoms with Crippen molar-refractivity contribution in [3.63, 3.8) is 0 Å². The molecular weight excluding hydrogens is 210 g/mol. The largest absolute Gasteiger partial charge is 0.319 e. The van der Waals surface area contributed by atoms with Gasteiger partial charge in [0.05, 0.1) is 0 Å². The number of hydrogen-bond donors (Lipinski definition) is 1. The second-order valence-corrected chi connectivity index (χ2v) is 6.17. The SMILES string of the molecule is CCC(C)(CNC)CN1CCC(N(C)C)CC1. The molecular formula is C14H31N3. The summed E-state index contributed by atoms with van der Waals surface area (Å²) in [6, 6.07) is 0.795. The molecule has 0 aromatic carbocycles. The Morgan fingerprint density at radius 1 is 1.29 bits per heavy atom. The van der Waals surface area contributed by atoms with Gasteiger partial charge in [-0.25, -0.2) is 0 Å². The van der Waals surface area contributed by atoms with Gasteiger partial charge >= 0.3 is 0 Å². The average molecular weight is 241 g/mol. The smallest absolute Gasteiger partial charge is 0.0113 e. The number of nitrogens with zero attached hydrogens (tertiary/aromatic N) is 2. The number of nitrogens with one attached hydrogen (secondary N) is 1. The lowest BCUT2D eigenvalue weighted by Crippen LogP contribution is -2.47. The lowest BCUT2D eigenvalue weighted by Gasteiger charge is -2.40. The van der Waals surface area contributed by atoms with Crippen LogP contribution in [0.25, 0.3) is 0 Å². The van der Waals surface area contributed by atoms with Crippen LogP contribution in [0.5, 0.6) is 0 Å². The van der Waals surface area contributed by atoms with E-state index in [4.69, 9.17) is 0 Å². The molecule has 1 aliphatic rings. The molecule has 1 unspecified atom stereocenters. The molecule has 0 spiro atoms. The highest BCUT2D eigenvalue weighted by atomic mass is 15.2. The molecule has 17 heavy (non-hydrogen) atoms. The summed E-state index contributed by atoms with van der Waals surface area (Å²) in [7, 11) is 6.47. The Morgan fingerprint density at radius 2 is 1.88 bits per heavy atom. The Balaban J connectivity index is 2.38. The Bertz CT molecular complexity index is 210. The Hall–Kier alpha value is -0.120. The van der Waals surface area contributed by atoms with Crippen molar-refractivity contribution in [1.29, 1.82) is 0 Å². The second-order valence-electron chi connectivity index (χ2n) is 6.17. The van der Waals surface area contributed by atoms with Gasteiger partial charge in [-0.2, -0.15) is 0 Å². The summed E-state index contributed by atoms with van der Waals surface area (Å²) < 4.78 is 0. The van der Waals surface area contributed by atoms with E-state index in [2.05, 4.69) is 50.1 Å². The zero-order valence-corrected chi connectivity index (χ0v) is 12.4. The van der Waals surface area contributed by atoms with Gasteiger partial charge in [0.2, 0.25) is 0 Å². The van der Waals surface area contributed by atoms with Crippen molar-refractivity contribution in [2.75, 3.05) is 47.3 Å². The second kappa shape index (κ2) is 6.72. The molecule has 0 radical (unpaired) electrons. The predicted octanol–water partition coefficient (Wildman–Crippen LogP) is 1.65. The number of piperidine rings is 1. The topological polar surface area (TPSA) is 18.5 Å². The molecule has 0 aliphatic carbocycles. The molecule has 1 aliphatic heterocycles. The van der Waals surface area contributed by atoms with Gasteiger partial charge in [-0.15, -0.1) is 0 Å². The lowest BCUT2D eigenvalue weighted by molar-refractivity contribution is 0.0989.